The van der Waals surface area contributed by atoms with Crippen LogP contribution in [-0.4, -0.2) is 16.5 Å². The standard InChI is InChI=1S/C16H18FN3/c1-2-18-16-19-10-14(17)15(20-16)13-9-4-3-8-12(13)11-6-5-7-11/h3-4,8-11H,2,5-7H2,1H3,(H,18,19,20). The molecule has 1 aliphatic carbocycles. The fourth-order valence-corrected chi connectivity index (χ4v) is 2.59. The van der Waals surface area contributed by atoms with Gasteiger partial charge in [-0.25, -0.2) is 14.4 Å². The maximum atomic E-state index is 14.1. The molecule has 4 heteroatoms. The van der Waals surface area contributed by atoms with Crippen LogP contribution < -0.4 is 5.32 Å². The predicted molar refractivity (Wildman–Crippen MR) is 78.2 cm³/mol. The molecule has 1 fully saturated rings. The van der Waals surface area contributed by atoms with Crippen LogP contribution in [0.4, 0.5) is 10.3 Å². The molecule has 3 rings (SSSR count). The Balaban J connectivity index is 2.05. The lowest BCUT2D eigenvalue weighted by molar-refractivity contribution is 0.420. The molecular formula is C16H18FN3. The zero-order valence-corrected chi connectivity index (χ0v) is 11.6. The second-order valence-electron chi connectivity index (χ2n) is 5.14. The number of anilines is 1. The van der Waals surface area contributed by atoms with E-state index in [1.807, 2.05) is 25.1 Å². The van der Waals surface area contributed by atoms with Crippen molar-refractivity contribution in [1.82, 2.24) is 9.97 Å². The number of rotatable bonds is 4. The fourth-order valence-electron chi connectivity index (χ4n) is 2.59. The number of hydrogen-bond acceptors (Lipinski definition) is 3. The number of benzene rings is 1. The fraction of sp³-hybridized carbons (Fsp3) is 0.375. The first-order chi connectivity index (χ1) is 9.79. The Labute approximate surface area is 118 Å². The molecule has 0 radical (unpaired) electrons. The van der Waals surface area contributed by atoms with Gasteiger partial charge in [-0.1, -0.05) is 30.7 Å². The van der Waals surface area contributed by atoms with Crippen molar-refractivity contribution in [2.45, 2.75) is 32.1 Å². The van der Waals surface area contributed by atoms with Crippen LogP contribution in [0.2, 0.25) is 0 Å². The third-order valence-electron chi connectivity index (χ3n) is 3.84. The third-order valence-corrected chi connectivity index (χ3v) is 3.84. The lowest BCUT2D eigenvalue weighted by Gasteiger charge is -2.27. The van der Waals surface area contributed by atoms with E-state index in [9.17, 15) is 4.39 Å². The molecule has 1 aliphatic rings. The molecule has 0 atom stereocenters. The normalized spacial score (nSPS) is 14.9. The Hall–Kier alpha value is -1.97. The average molecular weight is 271 g/mol. The average Bonchev–Trinajstić information content (AvgIpc) is 2.40. The highest BCUT2D eigenvalue weighted by atomic mass is 19.1. The Morgan fingerprint density at radius 3 is 2.80 bits per heavy atom. The van der Waals surface area contributed by atoms with Gasteiger partial charge in [-0.05, 0) is 31.2 Å². The number of aromatic nitrogens is 2. The van der Waals surface area contributed by atoms with Crippen LogP contribution in [0.5, 0.6) is 0 Å². The summed E-state index contributed by atoms with van der Waals surface area (Å²) in [7, 11) is 0. The lowest BCUT2D eigenvalue weighted by atomic mass is 9.78. The molecule has 0 unspecified atom stereocenters. The molecule has 20 heavy (non-hydrogen) atoms. The van der Waals surface area contributed by atoms with Crippen molar-refractivity contribution < 1.29 is 4.39 Å². The van der Waals surface area contributed by atoms with Gasteiger partial charge in [0.05, 0.1) is 6.20 Å². The highest BCUT2D eigenvalue weighted by Crippen LogP contribution is 2.41. The molecule has 0 spiro atoms. The zero-order valence-electron chi connectivity index (χ0n) is 11.6. The molecular weight excluding hydrogens is 253 g/mol. The minimum Gasteiger partial charge on any atom is -0.354 e. The molecule has 0 aliphatic heterocycles. The maximum Gasteiger partial charge on any atom is 0.223 e. The molecule has 1 aromatic heterocycles. The Morgan fingerprint density at radius 1 is 1.30 bits per heavy atom. The monoisotopic (exact) mass is 271 g/mol. The van der Waals surface area contributed by atoms with Crippen molar-refractivity contribution in [2.24, 2.45) is 0 Å². The van der Waals surface area contributed by atoms with Gasteiger partial charge in [0.25, 0.3) is 0 Å². The van der Waals surface area contributed by atoms with Crippen LogP contribution in [0.3, 0.4) is 0 Å². The second-order valence-corrected chi connectivity index (χ2v) is 5.14. The molecule has 104 valence electrons. The van der Waals surface area contributed by atoms with Crippen LogP contribution >= 0.6 is 0 Å². The van der Waals surface area contributed by atoms with E-state index < -0.39 is 0 Å². The smallest absolute Gasteiger partial charge is 0.223 e. The van der Waals surface area contributed by atoms with E-state index in [2.05, 4.69) is 21.4 Å². The number of hydrogen-bond donors (Lipinski definition) is 1. The number of nitrogens with one attached hydrogen (secondary N) is 1. The summed E-state index contributed by atoms with van der Waals surface area (Å²) in [5.74, 6) is 0.661. The van der Waals surface area contributed by atoms with E-state index in [1.54, 1.807) is 0 Å². The lowest BCUT2D eigenvalue weighted by Crippen LogP contribution is -2.11. The number of nitrogens with zero attached hydrogens (tertiary/aromatic N) is 2. The van der Waals surface area contributed by atoms with Crippen LogP contribution in [0.1, 0.15) is 37.7 Å². The molecule has 1 N–H and O–H groups in total. The molecule has 3 nitrogen and oxygen atoms in total. The highest BCUT2D eigenvalue weighted by Gasteiger charge is 2.24. The first-order valence-electron chi connectivity index (χ1n) is 7.15. The summed E-state index contributed by atoms with van der Waals surface area (Å²) < 4.78 is 14.1. The van der Waals surface area contributed by atoms with Crippen molar-refractivity contribution in [2.75, 3.05) is 11.9 Å². The minimum atomic E-state index is -0.363. The SMILES string of the molecule is CCNc1ncc(F)c(-c2ccccc2C2CCC2)n1. The highest BCUT2D eigenvalue weighted by molar-refractivity contribution is 5.66. The van der Waals surface area contributed by atoms with Crippen LogP contribution in [0.25, 0.3) is 11.3 Å². The van der Waals surface area contributed by atoms with Crippen molar-refractivity contribution in [1.29, 1.82) is 0 Å². The Bertz CT molecular complexity index is 608. The van der Waals surface area contributed by atoms with Gasteiger partial charge >= 0.3 is 0 Å². The van der Waals surface area contributed by atoms with Gasteiger partial charge in [0.2, 0.25) is 5.95 Å². The quantitative estimate of drug-likeness (QED) is 0.914. The summed E-state index contributed by atoms with van der Waals surface area (Å²) in [6.07, 6.45) is 4.87. The number of halogens is 1. The first kappa shape index (κ1) is 13.0. The first-order valence-corrected chi connectivity index (χ1v) is 7.15. The third kappa shape index (κ3) is 2.38. The van der Waals surface area contributed by atoms with E-state index in [0.717, 1.165) is 12.1 Å². The summed E-state index contributed by atoms with van der Waals surface area (Å²) in [6, 6.07) is 8.00. The summed E-state index contributed by atoms with van der Waals surface area (Å²) in [5.41, 5.74) is 2.51. The summed E-state index contributed by atoms with van der Waals surface area (Å²) in [6.45, 7) is 2.68. The minimum absolute atomic E-state index is 0.363. The van der Waals surface area contributed by atoms with Gasteiger partial charge in [0.1, 0.15) is 5.69 Å². The van der Waals surface area contributed by atoms with Gasteiger partial charge in [-0.15, -0.1) is 0 Å². The van der Waals surface area contributed by atoms with Crippen molar-refractivity contribution in [3.8, 4) is 11.3 Å². The van der Waals surface area contributed by atoms with Crippen molar-refractivity contribution in [3.63, 3.8) is 0 Å². The van der Waals surface area contributed by atoms with Gasteiger partial charge in [-0.2, -0.15) is 0 Å². The van der Waals surface area contributed by atoms with Crippen LogP contribution in [0, 0.1) is 5.82 Å². The van der Waals surface area contributed by atoms with Gasteiger partial charge in [0, 0.05) is 12.1 Å². The molecule has 0 amide bonds. The summed E-state index contributed by atoms with van der Waals surface area (Å²) in [5, 5.41) is 3.03. The summed E-state index contributed by atoms with van der Waals surface area (Å²) >= 11 is 0. The summed E-state index contributed by atoms with van der Waals surface area (Å²) in [4.78, 5) is 8.30. The molecule has 1 aromatic carbocycles. The van der Waals surface area contributed by atoms with Crippen LogP contribution in [0.15, 0.2) is 30.5 Å². The zero-order chi connectivity index (χ0) is 13.9. The topological polar surface area (TPSA) is 37.8 Å². The van der Waals surface area contributed by atoms with Gasteiger partial charge in [0.15, 0.2) is 5.82 Å². The van der Waals surface area contributed by atoms with E-state index >= 15 is 0 Å². The van der Waals surface area contributed by atoms with Crippen LogP contribution in [-0.2, 0) is 0 Å². The van der Waals surface area contributed by atoms with Gasteiger partial charge < -0.3 is 5.32 Å². The molecule has 0 bridgehead atoms. The van der Waals surface area contributed by atoms with Gasteiger partial charge in [-0.3, -0.25) is 0 Å². The van der Waals surface area contributed by atoms with E-state index in [-0.39, 0.29) is 5.82 Å². The Kier molecular flexibility index (Phi) is 3.63. The van der Waals surface area contributed by atoms with E-state index in [1.165, 1.54) is 31.0 Å². The maximum absolute atomic E-state index is 14.1. The predicted octanol–water partition coefficient (Wildman–Crippen LogP) is 3.98. The van der Waals surface area contributed by atoms with E-state index in [0.29, 0.717) is 17.6 Å². The molecule has 2 aromatic rings. The molecule has 1 saturated carbocycles. The second kappa shape index (κ2) is 5.57. The van der Waals surface area contributed by atoms with Crippen molar-refractivity contribution >= 4 is 5.95 Å². The van der Waals surface area contributed by atoms with E-state index in [4.69, 9.17) is 0 Å². The van der Waals surface area contributed by atoms with Crippen molar-refractivity contribution in [3.05, 3.63) is 41.8 Å². The Morgan fingerprint density at radius 2 is 2.10 bits per heavy atom. The molecule has 1 heterocycles. The largest absolute Gasteiger partial charge is 0.354 e. The molecule has 0 saturated heterocycles.